The minimum atomic E-state index is -4.95. The van der Waals surface area contributed by atoms with Gasteiger partial charge in [-0.2, -0.15) is 0 Å². The second-order valence-electron chi connectivity index (χ2n) is 25.4. The van der Waals surface area contributed by atoms with E-state index in [1.165, 1.54) is 173 Å². The van der Waals surface area contributed by atoms with Gasteiger partial charge in [-0.3, -0.25) is 37.3 Å². The molecule has 5 atom stereocenters. The zero-order chi connectivity index (χ0) is 64.9. The Morgan fingerprint density at radius 3 is 0.773 bits per heavy atom. The summed E-state index contributed by atoms with van der Waals surface area (Å²) in [7, 11) is -9.89. The molecule has 0 aliphatic heterocycles. The smallest absolute Gasteiger partial charge is 0.462 e. The van der Waals surface area contributed by atoms with Gasteiger partial charge in [0.1, 0.15) is 19.3 Å². The third kappa shape index (κ3) is 62.8. The summed E-state index contributed by atoms with van der Waals surface area (Å²) in [5, 5.41) is 10.6. The van der Waals surface area contributed by atoms with Gasteiger partial charge >= 0.3 is 39.5 Å². The van der Waals surface area contributed by atoms with Crippen molar-refractivity contribution in [2.24, 2.45) is 5.92 Å². The van der Waals surface area contributed by atoms with Gasteiger partial charge in [-0.1, -0.05) is 304 Å². The lowest BCUT2D eigenvalue weighted by Crippen LogP contribution is -2.30. The van der Waals surface area contributed by atoms with Crippen molar-refractivity contribution in [3.05, 3.63) is 0 Å². The standard InChI is InChI=1S/C69H134O17P2/c1-6-9-12-15-18-21-23-29-33-38-43-48-53-67(72)80-59-65(86-69(74)55-50-45-40-35-31-27-25-26-28-32-36-41-46-51-62(4)5)61-84-88(77,78)82-57-63(70)56-81-87(75,76)83-60-64(58-79-66(71)52-47-42-37-20-17-14-11-8-3)85-68(73)54-49-44-39-34-30-24-22-19-16-13-10-7-2/h62-65,70H,6-61H2,1-5H3,(H,75,76)(H,77,78)/t63-,64+,65+/m0/s1. The van der Waals surface area contributed by atoms with Crippen LogP contribution in [0.4, 0.5) is 0 Å². The molecule has 88 heavy (non-hydrogen) atoms. The van der Waals surface area contributed by atoms with E-state index in [9.17, 15) is 43.2 Å². The van der Waals surface area contributed by atoms with Crippen LogP contribution in [0.3, 0.4) is 0 Å². The molecule has 0 heterocycles. The Morgan fingerprint density at radius 2 is 0.523 bits per heavy atom. The number of phosphoric ester groups is 2. The maximum absolute atomic E-state index is 13.0. The molecule has 522 valence electrons. The summed E-state index contributed by atoms with van der Waals surface area (Å²) in [6.45, 7) is 7.23. The first-order valence-corrected chi connectivity index (χ1v) is 39.1. The number of aliphatic hydroxyl groups is 1. The van der Waals surface area contributed by atoms with E-state index in [1.807, 2.05) is 0 Å². The average Bonchev–Trinajstić information content (AvgIpc) is 3.56. The molecule has 2 unspecified atom stereocenters. The van der Waals surface area contributed by atoms with Gasteiger partial charge in [-0.25, -0.2) is 9.13 Å². The Balaban J connectivity index is 5.22. The van der Waals surface area contributed by atoms with E-state index < -0.39 is 97.5 Å². The molecule has 0 aromatic rings. The summed E-state index contributed by atoms with van der Waals surface area (Å²) in [6.07, 6.45) is 48.4. The Hall–Kier alpha value is -1.94. The van der Waals surface area contributed by atoms with E-state index in [2.05, 4.69) is 34.6 Å². The van der Waals surface area contributed by atoms with Crippen molar-refractivity contribution in [2.75, 3.05) is 39.6 Å². The Morgan fingerprint density at radius 1 is 0.307 bits per heavy atom. The van der Waals surface area contributed by atoms with Crippen molar-refractivity contribution in [3.8, 4) is 0 Å². The van der Waals surface area contributed by atoms with Crippen LogP contribution in [-0.2, 0) is 65.4 Å². The van der Waals surface area contributed by atoms with Gasteiger partial charge in [-0.15, -0.1) is 0 Å². The van der Waals surface area contributed by atoms with Gasteiger partial charge in [0.2, 0.25) is 0 Å². The molecule has 0 aromatic heterocycles. The van der Waals surface area contributed by atoms with Crippen LogP contribution in [0.2, 0.25) is 0 Å². The number of phosphoric acid groups is 2. The van der Waals surface area contributed by atoms with Crippen molar-refractivity contribution in [1.29, 1.82) is 0 Å². The van der Waals surface area contributed by atoms with E-state index in [0.717, 1.165) is 102 Å². The quantitative estimate of drug-likeness (QED) is 0.0222. The molecule has 0 bridgehead atoms. The molecule has 0 saturated carbocycles. The van der Waals surface area contributed by atoms with Gasteiger partial charge in [0, 0.05) is 25.7 Å². The van der Waals surface area contributed by atoms with Crippen LogP contribution in [0.15, 0.2) is 0 Å². The molecule has 0 radical (unpaired) electrons. The largest absolute Gasteiger partial charge is 0.472 e. The van der Waals surface area contributed by atoms with Crippen molar-refractivity contribution < 1.29 is 80.2 Å². The van der Waals surface area contributed by atoms with Crippen molar-refractivity contribution in [1.82, 2.24) is 0 Å². The summed E-state index contributed by atoms with van der Waals surface area (Å²) in [5.41, 5.74) is 0. The Labute approximate surface area is 537 Å². The molecule has 0 spiro atoms. The molecular weight excluding hydrogens is 1160 g/mol. The maximum atomic E-state index is 13.0. The minimum Gasteiger partial charge on any atom is -0.462 e. The predicted octanol–water partition coefficient (Wildman–Crippen LogP) is 19.7. The van der Waals surface area contributed by atoms with Gasteiger partial charge in [0.05, 0.1) is 26.4 Å². The molecule has 0 fully saturated rings. The lowest BCUT2D eigenvalue weighted by molar-refractivity contribution is -0.161. The SMILES string of the molecule is CCCCCCCCCCCCCCC(=O)OC[C@H](COP(=O)(O)OC[C@@H](O)COP(=O)(O)OC[C@@H](COC(=O)CCCCCCCCCC)OC(=O)CCCCCCCCCCCCCC)OC(=O)CCCCCCCCCCCCCCCC(C)C. The van der Waals surface area contributed by atoms with Gasteiger partial charge in [0.25, 0.3) is 0 Å². The zero-order valence-corrected chi connectivity index (χ0v) is 58.6. The summed E-state index contributed by atoms with van der Waals surface area (Å²) < 4.78 is 68.2. The first kappa shape index (κ1) is 86.1. The molecule has 0 aliphatic carbocycles. The second kappa shape index (κ2) is 62.5. The summed E-state index contributed by atoms with van der Waals surface area (Å²) in [6, 6.07) is 0. The zero-order valence-electron chi connectivity index (χ0n) is 56.9. The van der Waals surface area contributed by atoms with E-state index in [-0.39, 0.29) is 25.7 Å². The van der Waals surface area contributed by atoms with Gasteiger partial charge in [-0.05, 0) is 31.6 Å². The van der Waals surface area contributed by atoms with Crippen molar-refractivity contribution in [2.45, 2.75) is 374 Å². The maximum Gasteiger partial charge on any atom is 0.472 e. The molecule has 0 amide bonds. The van der Waals surface area contributed by atoms with Gasteiger partial charge in [0.15, 0.2) is 12.2 Å². The molecule has 0 aliphatic rings. The van der Waals surface area contributed by atoms with E-state index >= 15 is 0 Å². The summed E-state index contributed by atoms with van der Waals surface area (Å²) in [4.78, 5) is 72.4. The van der Waals surface area contributed by atoms with Crippen LogP contribution >= 0.6 is 15.6 Å². The van der Waals surface area contributed by atoms with Gasteiger partial charge < -0.3 is 33.8 Å². The number of carbonyl (C=O) groups excluding carboxylic acids is 4. The van der Waals surface area contributed by atoms with Crippen LogP contribution in [-0.4, -0.2) is 96.7 Å². The number of aliphatic hydroxyl groups excluding tert-OH is 1. The number of hydrogen-bond donors (Lipinski definition) is 3. The highest BCUT2D eigenvalue weighted by Crippen LogP contribution is 2.45. The highest BCUT2D eigenvalue weighted by molar-refractivity contribution is 7.47. The predicted molar refractivity (Wildman–Crippen MR) is 354 cm³/mol. The molecule has 0 saturated heterocycles. The van der Waals surface area contributed by atoms with E-state index in [1.54, 1.807) is 0 Å². The van der Waals surface area contributed by atoms with Crippen LogP contribution in [0.1, 0.15) is 356 Å². The number of esters is 4. The fourth-order valence-corrected chi connectivity index (χ4v) is 12.0. The normalized spacial score (nSPS) is 14.1. The van der Waals surface area contributed by atoms with Crippen molar-refractivity contribution >= 4 is 39.5 Å². The van der Waals surface area contributed by atoms with E-state index in [4.69, 9.17) is 37.0 Å². The highest BCUT2D eigenvalue weighted by Gasteiger charge is 2.30. The molecular formula is C69H134O17P2. The number of ether oxygens (including phenoxy) is 4. The number of hydrogen-bond acceptors (Lipinski definition) is 15. The Kier molecular flexibility index (Phi) is 61.1. The summed E-state index contributed by atoms with van der Waals surface area (Å²) >= 11 is 0. The van der Waals surface area contributed by atoms with E-state index in [0.29, 0.717) is 25.7 Å². The fourth-order valence-electron chi connectivity index (χ4n) is 10.5. The van der Waals surface area contributed by atoms with Crippen molar-refractivity contribution in [3.63, 3.8) is 0 Å². The lowest BCUT2D eigenvalue weighted by Gasteiger charge is -2.21. The number of carbonyl (C=O) groups is 4. The topological polar surface area (TPSA) is 237 Å². The second-order valence-corrected chi connectivity index (χ2v) is 28.3. The Bertz CT molecular complexity index is 1700. The molecule has 0 aromatic carbocycles. The van der Waals surface area contributed by atoms with Crippen LogP contribution in [0.5, 0.6) is 0 Å². The fraction of sp³-hybridized carbons (Fsp3) is 0.942. The molecule has 3 N–H and O–H groups in total. The minimum absolute atomic E-state index is 0.107. The third-order valence-corrected chi connectivity index (χ3v) is 17.9. The summed E-state index contributed by atoms with van der Waals surface area (Å²) in [5.74, 6) is -1.34. The monoisotopic (exact) mass is 1300 g/mol. The number of unbranched alkanes of at least 4 members (excludes halogenated alkanes) is 41. The lowest BCUT2D eigenvalue weighted by atomic mass is 10.0. The average molecular weight is 1300 g/mol. The van der Waals surface area contributed by atoms with Crippen LogP contribution < -0.4 is 0 Å². The van der Waals surface area contributed by atoms with Crippen LogP contribution in [0.25, 0.3) is 0 Å². The first-order valence-electron chi connectivity index (χ1n) is 36.1. The molecule has 19 heteroatoms. The molecule has 0 rings (SSSR count). The third-order valence-electron chi connectivity index (χ3n) is 16.0. The number of rotatable bonds is 69. The highest BCUT2D eigenvalue weighted by atomic mass is 31.2. The van der Waals surface area contributed by atoms with Crippen LogP contribution in [0, 0.1) is 5.92 Å². The molecule has 17 nitrogen and oxygen atoms in total. The first-order chi connectivity index (χ1) is 42.5.